The molecule has 0 radical (unpaired) electrons. The number of H-pyrrole nitrogens is 1. The van der Waals surface area contributed by atoms with Gasteiger partial charge in [-0.15, -0.1) is 0 Å². The van der Waals surface area contributed by atoms with Crippen LogP contribution < -0.4 is 103 Å². The number of phenolic OH excluding ortho intramolecular Hbond substituents is 1. The molecule has 4 aromatic rings. The lowest BCUT2D eigenvalue weighted by Gasteiger charge is -2.33. The molecule has 1 aliphatic rings. The highest BCUT2D eigenvalue weighted by molar-refractivity contribution is 6.43. The summed E-state index contributed by atoms with van der Waals surface area (Å²) in [6.07, 6.45) is -3.18. The number of aliphatic hydroxyl groups is 1. The van der Waals surface area contributed by atoms with Gasteiger partial charge in [-0.3, -0.25) is 107 Å². The standard InChI is InChI=1S/C107H158N20O23/c1-62(2)52-83(118-72(13)129)103(148)120-97(71(12)128)100(145)98(143)82(54-73-30-24-23-25-31-73)126-127-107(15)48-29-22-20-18-16-17-19-21-28-47-106(14,94(139)60-114-67(8)90(135)46-51-112-66(7)89(134)45-50-111-65(6)88(133)44-49-110-64(5)86(131)40-41-87(132)68(9)116-61-117-70(11)102(109)147)121-105(150)84(53-63(3)4)124-122-79(38-42-95(108)140)93(138)59-113-69(10)91(136)57-92(137)81(56-75-58-115-78-33-27-26-32-77(75)78)123-125-85(55-74-34-36-76(130)37-35-74)104(149)119-80(39-43-96(141)142)99(144)101(107)146/h23-27,30-37,58,62-71,79-85,97,110-117,122-128,130H,20-22,28-29,38-57,59-61H2,1-15H3,(H2,108,140)(H2,109,147)(H,118,129)(H,119,149)(H,120,148)(H,121,150)(H,141,142)/t64-,65-,66-,67-,68-,69-,70+,71+,79-,80-,81-,82-,83-,84-,85-,97-,106-,107+/m0/s1. The van der Waals surface area contributed by atoms with Crippen LogP contribution in [0.4, 0.5) is 0 Å². The monoisotopic (exact) mass is 2090 g/mol. The Morgan fingerprint density at radius 3 is 1.63 bits per heavy atom. The largest absolute Gasteiger partial charge is 0.508 e. The molecule has 0 unspecified atom stereocenters. The summed E-state index contributed by atoms with van der Waals surface area (Å²) in [6.45, 7) is 23.1. The summed E-state index contributed by atoms with van der Waals surface area (Å²) in [6, 6.07) is 3.53. The molecule has 3 aromatic carbocycles. The Labute approximate surface area is 877 Å². The predicted molar refractivity (Wildman–Crippen MR) is 561 cm³/mol. The Morgan fingerprint density at radius 2 is 1.07 bits per heavy atom. The van der Waals surface area contributed by atoms with Gasteiger partial charge in [0.25, 0.3) is 0 Å². The average Bonchev–Trinajstić information content (AvgIpc) is 1.68. The number of benzene rings is 3. The number of phenols is 1. The fourth-order valence-corrected chi connectivity index (χ4v) is 16.3. The van der Waals surface area contributed by atoms with E-state index in [0.29, 0.717) is 27.6 Å². The molecule has 0 saturated carbocycles. The van der Waals surface area contributed by atoms with E-state index < -0.39 is 228 Å². The number of carbonyl (C=O) groups is 20. The second kappa shape index (κ2) is 65.6. The van der Waals surface area contributed by atoms with Crippen molar-refractivity contribution in [3.8, 4) is 29.4 Å². The van der Waals surface area contributed by atoms with Gasteiger partial charge in [0, 0.05) is 108 Å². The third-order valence-electron chi connectivity index (χ3n) is 26.2. The number of carboxylic acids is 1. The Bertz CT molecular complexity index is 5400. The summed E-state index contributed by atoms with van der Waals surface area (Å²) < 4.78 is 0. The number of para-hydroxylation sites is 1. The molecule has 25 N–H and O–H groups in total. The fraction of sp³-hybridized carbons (Fsp3) is 0.589. The summed E-state index contributed by atoms with van der Waals surface area (Å²) in [4.78, 5) is 281. The summed E-state index contributed by atoms with van der Waals surface area (Å²) in [5.41, 5.74) is 26.5. The van der Waals surface area contributed by atoms with Gasteiger partial charge in [0.15, 0.2) is 40.5 Å². The number of aromatic hydroxyl groups is 1. The van der Waals surface area contributed by atoms with E-state index in [1.165, 1.54) is 52.0 Å². The molecule has 43 heteroatoms. The fourth-order valence-electron chi connectivity index (χ4n) is 16.3. The number of amides is 6. The van der Waals surface area contributed by atoms with Gasteiger partial charge in [0.05, 0.1) is 103 Å². The van der Waals surface area contributed by atoms with Crippen LogP contribution in [0.1, 0.15) is 243 Å². The van der Waals surface area contributed by atoms with E-state index in [1.54, 1.807) is 116 Å². The van der Waals surface area contributed by atoms with Gasteiger partial charge in [-0.2, -0.15) is 0 Å². The van der Waals surface area contributed by atoms with Gasteiger partial charge in [-0.25, -0.2) is 32.6 Å². The number of carbonyl (C=O) groups excluding carboxylic acids is 19. The molecule has 0 saturated heterocycles. The van der Waals surface area contributed by atoms with Crippen molar-refractivity contribution in [3.05, 3.63) is 102 Å². The van der Waals surface area contributed by atoms with Crippen LogP contribution in [0.2, 0.25) is 0 Å². The van der Waals surface area contributed by atoms with Crippen LogP contribution in [0.5, 0.6) is 5.75 Å². The van der Waals surface area contributed by atoms with Gasteiger partial charge in [-0.1, -0.05) is 107 Å². The lowest BCUT2D eigenvalue weighted by Crippen LogP contribution is -2.65. The molecule has 150 heavy (non-hydrogen) atoms. The zero-order valence-electron chi connectivity index (χ0n) is 88.9. The van der Waals surface area contributed by atoms with E-state index in [2.05, 4.69) is 120 Å². The number of hydrogen-bond acceptors (Lipinski definition) is 35. The minimum atomic E-state index is -2.16. The van der Waals surface area contributed by atoms with E-state index in [0.717, 1.165) is 6.92 Å². The molecule has 0 aliphatic carbocycles. The van der Waals surface area contributed by atoms with Gasteiger partial charge in [0.2, 0.25) is 58.6 Å². The summed E-state index contributed by atoms with van der Waals surface area (Å²) in [5.74, 6) is -3.90. The molecule has 0 spiro atoms. The van der Waals surface area contributed by atoms with Crippen molar-refractivity contribution >= 4 is 127 Å². The molecule has 0 fully saturated rings. The number of primary amides is 2. The Morgan fingerprint density at radius 1 is 0.527 bits per heavy atom. The van der Waals surface area contributed by atoms with Crippen molar-refractivity contribution in [2.75, 3.05) is 39.4 Å². The van der Waals surface area contributed by atoms with Gasteiger partial charge < -0.3 is 79.6 Å². The summed E-state index contributed by atoms with van der Waals surface area (Å²) in [5, 5.41) is 63.7. The first-order valence-corrected chi connectivity index (χ1v) is 51.4. The number of aliphatic hydroxyl groups excluding tert-OH is 1. The second-order valence-corrected chi connectivity index (χ2v) is 40.0. The smallest absolute Gasteiger partial charge is 0.303 e. The third kappa shape index (κ3) is 45.8. The number of aliphatic carboxylic acids is 1. The molecule has 5 rings (SSSR count). The number of Topliss-reactive ketones (excluding diaryl/α,β-unsaturated/α-hetero) is 13. The number of aromatic nitrogens is 1. The van der Waals surface area contributed by atoms with Crippen molar-refractivity contribution < 1.29 is 111 Å². The van der Waals surface area contributed by atoms with E-state index in [9.17, 15) is 92.0 Å². The van der Waals surface area contributed by atoms with E-state index in [4.69, 9.17) is 11.5 Å². The number of nitrogens with two attached hydrogens (primary N) is 2. The maximum Gasteiger partial charge on any atom is 0.303 e. The summed E-state index contributed by atoms with van der Waals surface area (Å²) >= 11 is 0. The predicted octanol–water partition coefficient (Wildman–Crippen LogP) is 0.518. The van der Waals surface area contributed by atoms with Crippen LogP contribution in [0.3, 0.4) is 0 Å². The number of nitrogens with one attached hydrogen (secondary N) is 18. The number of hydrogen-bond donors (Lipinski definition) is 23. The minimum absolute atomic E-state index is 0.00784. The van der Waals surface area contributed by atoms with Gasteiger partial charge in [0.1, 0.15) is 41.5 Å². The van der Waals surface area contributed by atoms with Crippen molar-refractivity contribution in [1.29, 1.82) is 0 Å². The highest BCUT2D eigenvalue weighted by Crippen LogP contribution is 2.25. The molecule has 1 aromatic heterocycles. The number of rotatable bonds is 55. The van der Waals surface area contributed by atoms with E-state index in [-0.39, 0.29) is 195 Å². The lowest BCUT2D eigenvalue weighted by molar-refractivity contribution is -0.144. The van der Waals surface area contributed by atoms with E-state index >= 15 is 19.2 Å². The van der Waals surface area contributed by atoms with Crippen molar-refractivity contribution in [1.82, 2.24) is 96.0 Å². The molecule has 1 aliphatic heterocycles. The van der Waals surface area contributed by atoms with Crippen LogP contribution in [-0.2, 0) is 115 Å². The van der Waals surface area contributed by atoms with Crippen molar-refractivity contribution in [3.63, 3.8) is 0 Å². The first-order chi connectivity index (χ1) is 70.8. The molecule has 824 valence electrons. The Kier molecular flexibility index (Phi) is 56.0. The molecule has 18 atom stereocenters. The van der Waals surface area contributed by atoms with E-state index in [1.807, 2.05) is 13.8 Å². The highest BCUT2D eigenvalue weighted by atomic mass is 16.4. The van der Waals surface area contributed by atoms with Crippen LogP contribution in [0, 0.1) is 35.5 Å². The highest BCUT2D eigenvalue weighted by Gasteiger charge is 2.45. The number of fused-ring (bicyclic) bond motifs is 1. The zero-order valence-corrected chi connectivity index (χ0v) is 88.9. The second-order valence-electron chi connectivity index (χ2n) is 40.0. The normalized spacial score (nSPS) is 21.2. The first-order valence-electron chi connectivity index (χ1n) is 51.4. The van der Waals surface area contributed by atoms with Crippen molar-refractivity contribution in [2.45, 2.75) is 353 Å². The quantitative estimate of drug-likeness (QED) is 0.00942. The number of ketones is 13. The van der Waals surface area contributed by atoms with Crippen LogP contribution in [0.25, 0.3) is 10.9 Å². The van der Waals surface area contributed by atoms with Gasteiger partial charge in [-0.05, 0) is 198 Å². The Hall–Kier alpha value is -12.4. The van der Waals surface area contributed by atoms with Crippen molar-refractivity contribution in [2.24, 2.45) is 23.3 Å². The van der Waals surface area contributed by atoms with Crippen LogP contribution in [0.15, 0.2) is 85.1 Å². The molecule has 0 bridgehead atoms. The van der Waals surface area contributed by atoms with Gasteiger partial charge >= 0.3 is 5.97 Å². The van der Waals surface area contributed by atoms with Crippen LogP contribution >= 0.6 is 0 Å². The maximum atomic E-state index is 15.6. The maximum absolute atomic E-state index is 15.6. The topological polar surface area (TPSA) is 674 Å². The lowest BCUT2D eigenvalue weighted by atomic mass is 9.85. The number of carboxylic acid groups (broad SMARTS) is 1. The average molecular weight is 2090 g/mol. The zero-order chi connectivity index (χ0) is 112. The summed E-state index contributed by atoms with van der Waals surface area (Å²) in [7, 11) is 0. The Balaban J connectivity index is 1.47. The molecular weight excluding hydrogens is 1930 g/mol. The third-order valence-corrected chi connectivity index (χ3v) is 26.2. The number of aromatic amines is 1. The molecule has 6 amide bonds. The number of hydrazine groups is 3. The minimum Gasteiger partial charge on any atom is -0.508 e. The SMILES string of the molecule is CC(=O)N[C@@H](CC(C)C)C(=O)N[C@H](C(=O)C(=O)[C@H](Cc1ccccc1)NN[C@]1(C)CCCCC#CC#CCCC[C@@](C)(C(=O)CN[C@@H](C)C(=O)CCN[C@@H](C)C(=O)CCN[C@@H](C)C(=O)CCN[C@@H](C)C(=O)CCC(=O)[C@H](C)NCN[C@H](C)C(N)=O)NC(=O)[C@H](CC(C)C)NN[C@@H](CCC(N)=O)C(=O)CN[C@@H](C)C(=O)CC(=O)[C@H](Cc2c[nH]c3ccccc23)NN[C@@H](Cc2ccc(O)cc2)C(=O)N[C@@H](CCC(=O)O)C(=O)C1=O)[C@@H](C)O. The molecule has 2 heterocycles. The first kappa shape index (κ1) is 128. The molecular formula is C107H158N20O23. The van der Waals surface area contributed by atoms with Crippen LogP contribution in [-0.4, -0.2) is 284 Å². The molecule has 43 nitrogen and oxygen atoms in total.